The molecule has 4 nitrogen and oxygen atoms in total. The highest BCUT2D eigenvalue weighted by Crippen LogP contribution is 2.27. The molecule has 0 radical (unpaired) electrons. The second kappa shape index (κ2) is 4.74. The number of furan rings is 1. The normalized spacial score (nSPS) is 21.4. The van der Waals surface area contributed by atoms with Gasteiger partial charge in [0, 0.05) is 11.8 Å². The fraction of sp³-hybridized carbons (Fsp3) is 0.400. The first-order valence-corrected chi connectivity index (χ1v) is 8.49. The van der Waals surface area contributed by atoms with E-state index in [1.54, 1.807) is 6.07 Å². The molecule has 1 saturated heterocycles. The Labute approximate surface area is 117 Å². The predicted molar refractivity (Wildman–Crippen MR) is 76.7 cm³/mol. The van der Waals surface area contributed by atoms with Crippen LogP contribution < -0.4 is 0 Å². The number of rotatable bonds is 3. The van der Waals surface area contributed by atoms with Gasteiger partial charge in [0.05, 0.1) is 11.5 Å². The second-order valence-corrected chi connectivity index (χ2v) is 7.73. The molecule has 2 heterocycles. The number of ketones is 1. The Morgan fingerprint density at radius 3 is 2.85 bits per heavy atom. The average Bonchev–Trinajstić information content (AvgIpc) is 2.94. The Morgan fingerprint density at radius 1 is 1.40 bits per heavy atom. The molecule has 5 heteroatoms. The molecular formula is C15H16O4S. The third-order valence-electron chi connectivity index (χ3n) is 3.82. The lowest BCUT2D eigenvalue weighted by Gasteiger charge is -2.03. The summed E-state index contributed by atoms with van der Waals surface area (Å²) in [4.78, 5) is 12.2. The van der Waals surface area contributed by atoms with Gasteiger partial charge < -0.3 is 4.42 Å². The van der Waals surface area contributed by atoms with Crippen LogP contribution in [0.2, 0.25) is 0 Å². The summed E-state index contributed by atoms with van der Waals surface area (Å²) in [7, 11) is -2.94. The van der Waals surface area contributed by atoms with Crippen molar-refractivity contribution in [1.82, 2.24) is 0 Å². The minimum absolute atomic E-state index is 0.0678. The average molecular weight is 292 g/mol. The van der Waals surface area contributed by atoms with E-state index in [0.29, 0.717) is 12.2 Å². The number of fused-ring (bicyclic) bond motifs is 1. The highest BCUT2D eigenvalue weighted by Gasteiger charge is 2.30. The first-order chi connectivity index (χ1) is 9.44. The van der Waals surface area contributed by atoms with E-state index < -0.39 is 9.84 Å². The Kier molecular flexibility index (Phi) is 3.17. The van der Waals surface area contributed by atoms with Crippen LogP contribution in [0.5, 0.6) is 0 Å². The zero-order valence-corrected chi connectivity index (χ0v) is 12.1. The van der Waals surface area contributed by atoms with Crippen LogP contribution in [-0.2, 0) is 9.84 Å². The van der Waals surface area contributed by atoms with Crippen molar-refractivity contribution in [2.24, 2.45) is 5.92 Å². The lowest BCUT2D eigenvalue weighted by molar-refractivity contribution is 0.0940. The van der Waals surface area contributed by atoms with Crippen LogP contribution >= 0.6 is 0 Å². The van der Waals surface area contributed by atoms with Crippen molar-refractivity contribution in [2.45, 2.75) is 19.8 Å². The molecule has 1 aliphatic heterocycles. The summed E-state index contributed by atoms with van der Waals surface area (Å²) < 4.78 is 28.4. The van der Waals surface area contributed by atoms with Gasteiger partial charge in [0.1, 0.15) is 5.58 Å². The van der Waals surface area contributed by atoms with Gasteiger partial charge >= 0.3 is 0 Å². The van der Waals surface area contributed by atoms with Crippen LogP contribution in [0.15, 0.2) is 28.7 Å². The Bertz CT molecular complexity index is 770. The van der Waals surface area contributed by atoms with Crippen LogP contribution in [0.25, 0.3) is 11.0 Å². The Hall–Kier alpha value is -1.62. The molecular weight excluding hydrogens is 276 g/mol. The van der Waals surface area contributed by atoms with E-state index in [-0.39, 0.29) is 29.6 Å². The summed E-state index contributed by atoms with van der Waals surface area (Å²) in [5, 5.41) is 0.910. The molecule has 0 saturated carbocycles. The van der Waals surface area contributed by atoms with Crippen molar-refractivity contribution in [3.63, 3.8) is 0 Å². The number of hydrogen-bond acceptors (Lipinski definition) is 4. The van der Waals surface area contributed by atoms with Crippen molar-refractivity contribution >= 4 is 26.6 Å². The molecule has 3 rings (SSSR count). The molecule has 1 aromatic carbocycles. The van der Waals surface area contributed by atoms with E-state index in [4.69, 9.17) is 4.42 Å². The summed E-state index contributed by atoms with van der Waals surface area (Å²) >= 11 is 0. The maximum atomic E-state index is 12.2. The Morgan fingerprint density at radius 2 is 2.20 bits per heavy atom. The van der Waals surface area contributed by atoms with Crippen molar-refractivity contribution in [2.75, 3.05) is 11.5 Å². The fourth-order valence-corrected chi connectivity index (χ4v) is 4.60. The molecule has 1 aliphatic rings. The fourth-order valence-electron chi connectivity index (χ4n) is 2.74. The van der Waals surface area contributed by atoms with E-state index in [1.807, 2.05) is 25.1 Å². The number of carbonyl (C=O) groups excluding carboxylic acids is 1. The molecule has 0 amide bonds. The zero-order chi connectivity index (χ0) is 14.3. The summed E-state index contributed by atoms with van der Waals surface area (Å²) in [6, 6.07) is 7.51. The van der Waals surface area contributed by atoms with E-state index in [0.717, 1.165) is 16.5 Å². The lowest BCUT2D eigenvalue weighted by Crippen LogP contribution is -2.10. The number of Topliss-reactive ketones (excluding diaryl/α,β-unsaturated/α-hetero) is 1. The molecule has 1 unspecified atom stereocenters. The molecule has 0 N–H and O–H groups in total. The van der Waals surface area contributed by atoms with Crippen molar-refractivity contribution in [3.8, 4) is 0 Å². The SMILES string of the molecule is Cc1cccc2cc(C(=O)CC3CCS(=O)(=O)C3)oc12. The van der Waals surface area contributed by atoms with Crippen LogP contribution in [0.3, 0.4) is 0 Å². The van der Waals surface area contributed by atoms with Gasteiger partial charge in [-0.05, 0) is 30.9 Å². The number of aryl methyl sites for hydroxylation is 1. The van der Waals surface area contributed by atoms with Crippen LogP contribution in [-0.4, -0.2) is 25.7 Å². The summed E-state index contributed by atoms with van der Waals surface area (Å²) in [6.07, 6.45) is 0.825. The van der Waals surface area contributed by atoms with Gasteiger partial charge in [-0.3, -0.25) is 4.79 Å². The number of carbonyl (C=O) groups is 1. The first-order valence-electron chi connectivity index (χ1n) is 6.67. The monoisotopic (exact) mass is 292 g/mol. The van der Waals surface area contributed by atoms with Gasteiger partial charge in [0.25, 0.3) is 0 Å². The first kappa shape index (κ1) is 13.4. The smallest absolute Gasteiger partial charge is 0.198 e. The van der Waals surface area contributed by atoms with Crippen molar-refractivity contribution in [1.29, 1.82) is 0 Å². The molecule has 106 valence electrons. The highest BCUT2D eigenvalue weighted by atomic mass is 32.2. The van der Waals surface area contributed by atoms with Crippen molar-refractivity contribution < 1.29 is 17.6 Å². The Balaban J connectivity index is 1.81. The molecule has 0 bridgehead atoms. The maximum Gasteiger partial charge on any atom is 0.198 e. The molecule has 1 atom stereocenters. The summed E-state index contributed by atoms with van der Waals surface area (Å²) in [6.45, 7) is 1.93. The molecule has 2 aromatic rings. The third-order valence-corrected chi connectivity index (χ3v) is 5.65. The largest absolute Gasteiger partial charge is 0.453 e. The predicted octanol–water partition coefficient (Wildman–Crippen LogP) is 2.75. The minimum atomic E-state index is -2.94. The molecule has 20 heavy (non-hydrogen) atoms. The quantitative estimate of drug-likeness (QED) is 0.816. The minimum Gasteiger partial charge on any atom is -0.453 e. The standard InChI is InChI=1S/C15H16O4S/c1-10-3-2-4-12-8-14(19-15(10)12)13(16)7-11-5-6-20(17,18)9-11/h2-4,8,11H,5-7,9H2,1H3. The van der Waals surface area contributed by atoms with Crippen LogP contribution in [0.1, 0.15) is 29.0 Å². The second-order valence-electron chi connectivity index (χ2n) is 5.50. The number of hydrogen-bond donors (Lipinski definition) is 0. The lowest BCUT2D eigenvalue weighted by atomic mass is 10.0. The molecule has 1 aromatic heterocycles. The van der Waals surface area contributed by atoms with E-state index >= 15 is 0 Å². The summed E-state index contributed by atoms with van der Waals surface area (Å²) in [5.74, 6) is 0.477. The number of para-hydroxylation sites is 1. The van der Waals surface area contributed by atoms with Crippen molar-refractivity contribution in [3.05, 3.63) is 35.6 Å². The van der Waals surface area contributed by atoms with Gasteiger partial charge in [0.2, 0.25) is 0 Å². The van der Waals surface area contributed by atoms with Gasteiger partial charge in [-0.1, -0.05) is 18.2 Å². The van der Waals surface area contributed by atoms with Gasteiger partial charge in [-0.25, -0.2) is 8.42 Å². The van der Waals surface area contributed by atoms with E-state index in [2.05, 4.69) is 0 Å². The van der Waals surface area contributed by atoms with Gasteiger partial charge in [-0.15, -0.1) is 0 Å². The third kappa shape index (κ3) is 2.50. The zero-order valence-electron chi connectivity index (χ0n) is 11.3. The van der Waals surface area contributed by atoms with E-state index in [9.17, 15) is 13.2 Å². The van der Waals surface area contributed by atoms with E-state index in [1.165, 1.54) is 0 Å². The van der Waals surface area contributed by atoms with Gasteiger partial charge in [0.15, 0.2) is 21.4 Å². The molecule has 1 fully saturated rings. The topological polar surface area (TPSA) is 64.3 Å². The summed E-state index contributed by atoms with van der Waals surface area (Å²) in [5.41, 5.74) is 1.72. The highest BCUT2D eigenvalue weighted by molar-refractivity contribution is 7.91. The van der Waals surface area contributed by atoms with Crippen LogP contribution in [0.4, 0.5) is 0 Å². The number of sulfone groups is 1. The van der Waals surface area contributed by atoms with Gasteiger partial charge in [-0.2, -0.15) is 0 Å². The number of benzene rings is 1. The maximum absolute atomic E-state index is 12.2. The van der Waals surface area contributed by atoms with Crippen LogP contribution in [0, 0.1) is 12.8 Å². The molecule has 0 aliphatic carbocycles. The molecule has 0 spiro atoms.